The zero-order valence-corrected chi connectivity index (χ0v) is 10.9. The van der Waals surface area contributed by atoms with Gasteiger partial charge in [-0.2, -0.15) is 0 Å². The molecule has 0 radical (unpaired) electrons. The number of ether oxygens (including phenoxy) is 1. The molecule has 0 aliphatic heterocycles. The van der Waals surface area contributed by atoms with Crippen LogP contribution in [-0.2, 0) is 14.3 Å². The summed E-state index contributed by atoms with van der Waals surface area (Å²) >= 11 is 0. The molecule has 0 fully saturated rings. The van der Waals surface area contributed by atoms with E-state index in [2.05, 4.69) is 4.74 Å². The molecule has 0 heterocycles. The predicted octanol–water partition coefficient (Wildman–Crippen LogP) is -1.93. The molecule has 0 saturated carbocycles. The molecule has 0 unspecified atom stereocenters. The average molecular weight is 279 g/mol. The van der Waals surface area contributed by atoms with E-state index in [0.29, 0.717) is 25.7 Å². The summed E-state index contributed by atoms with van der Waals surface area (Å²) in [6, 6.07) is 0. The number of carbonyl (C=O) groups excluding carboxylic acids is 1. The van der Waals surface area contributed by atoms with E-state index in [-0.39, 0.29) is 19.8 Å². The molecule has 0 aliphatic rings. The number of aliphatic hydroxyl groups is 3. The van der Waals surface area contributed by atoms with Crippen molar-refractivity contribution in [3.8, 4) is 0 Å². The molecule has 8 nitrogen and oxygen atoms in total. The molecule has 19 heavy (non-hydrogen) atoms. The molecule has 112 valence electrons. The number of methoxy groups -OCH3 is 1. The van der Waals surface area contributed by atoms with E-state index in [1.165, 1.54) is 7.11 Å². The summed E-state index contributed by atoms with van der Waals surface area (Å²) in [5.41, 5.74) is 0. The Hall–Kier alpha value is -1.48. The van der Waals surface area contributed by atoms with E-state index in [0.717, 1.165) is 6.08 Å². The number of aliphatic hydroxyl groups excluding tert-OH is 3. The Morgan fingerprint density at radius 2 is 1.42 bits per heavy atom. The third kappa shape index (κ3) is 16.5. The van der Waals surface area contributed by atoms with Crippen molar-refractivity contribution in [2.45, 2.75) is 0 Å². The fourth-order valence-corrected chi connectivity index (χ4v) is 0.967. The van der Waals surface area contributed by atoms with Crippen molar-refractivity contribution in [1.29, 1.82) is 0 Å². The first kappa shape index (κ1) is 19.9. The molecule has 0 aromatic heterocycles. The van der Waals surface area contributed by atoms with Crippen molar-refractivity contribution in [1.82, 2.24) is 4.90 Å². The zero-order chi connectivity index (χ0) is 15.1. The smallest absolute Gasteiger partial charge is 0.330 e. The molecule has 0 atom stereocenters. The van der Waals surface area contributed by atoms with Crippen LogP contribution in [-0.4, -0.2) is 83.8 Å². The summed E-state index contributed by atoms with van der Waals surface area (Å²) in [6.45, 7) is 1.75. The fourth-order valence-electron chi connectivity index (χ4n) is 0.967. The highest BCUT2D eigenvalue weighted by molar-refractivity contribution is 5.90. The van der Waals surface area contributed by atoms with Gasteiger partial charge in [-0.05, 0) is 0 Å². The molecule has 0 saturated heterocycles. The number of hydrogen-bond acceptors (Lipinski definition) is 7. The quantitative estimate of drug-likeness (QED) is 0.299. The number of carbonyl (C=O) groups is 2. The lowest BCUT2D eigenvalue weighted by Gasteiger charge is -2.17. The Morgan fingerprint density at radius 3 is 1.68 bits per heavy atom. The minimum absolute atomic E-state index is 0.0694. The standard InChI is InChI=1S/C6H15NO3.C5H6O4/c8-4-1-7(2-5-9)3-6-10;1-9-5(8)3-2-4(6)7/h8-10H,1-6H2;2-3H,1H3,(H,6,7)/b;3-2-. The van der Waals surface area contributed by atoms with Gasteiger partial charge in [-0.25, -0.2) is 9.59 Å². The zero-order valence-electron chi connectivity index (χ0n) is 10.9. The van der Waals surface area contributed by atoms with Crippen LogP contribution >= 0.6 is 0 Å². The summed E-state index contributed by atoms with van der Waals surface area (Å²) in [5, 5.41) is 33.4. The van der Waals surface area contributed by atoms with E-state index in [4.69, 9.17) is 20.4 Å². The van der Waals surface area contributed by atoms with Gasteiger partial charge >= 0.3 is 11.9 Å². The third-order valence-corrected chi connectivity index (χ3v) is 1.81. The van der Waals surface area contributed by atoms with Gasteiger partial charge in [0, 0.05) is 31.8 Å². The number of esters is 1. The average Bonchev–Trinajstić information content (AvgIpc) is 2.37. The molecule has 0 spiro atoms. The summed E-state index contributed by atoms with van der Waals surface area (Å²) in [4.78, 5) is 21.7. The number of carboxylic acids is 1. The largest absolute Gasteiger partial charge is 0.478 e. The lowest BCUT2D eigenvalue weighted by atomic mass is 10.4. The lowest BCUT2D eigenvalue weighted by molar-refractivity contribution is -0.136. The highest BCUT2D eigenvalue weighted by Crippen LogP contribution is 1.84. The van der Waals surface area contributed by atoms with E-state index in [1.54, 1.807) is 4.90 Å². The maximum atomic E-state index is 10.1. The van der Waals surface area contributed by atoms with Crippen molar-refractivity contribution < 1.29 is 34.8 Å². The summed E-state index contributed by atoms with van der Waals surface area (Å²) in [5.74, 6) is -1.84. The minimum Gasteiger partial charge on any atom is -0.478 e. The first-order valence-corrected chi connectivity index (χ1v) is 5.55. The molecule has 0 rings (SSSR count). The summed E-state index contributed by atoms with van der Waals surface area (Å²) in [6.07, 6.45) is 1.55. The van der Waals surface area contributed by atoms with Gasteiger partial charge in [0.15, 0.2) is 0 Å². The minimum atomic E-state index is -1.17. The Balaban J connectivity index is 0. The van der Waals surface area contributed by atoms with Crippen LogP contribution in [0, 0.1) is 0 Å². The highest BCUT2D eigenvalue weighted by Gasteiger charge is 2.00. The Bertz CT molecular complexity index is 254. The van der Waals surface area contributed by atoms with Crippen LogP contribution in [0.3, 0.4) is 0 Å². The van der Waals surface area contributed by atoms with Crippen LogP contribution in [0.15, 0.2) is 12.2 Å². The van der Waals surface area contributed by atoms with Crippen LogP contribution in [0.25, 0.3) is 0 Å². The van der Waals surface area contributed by atoms with Gasteiger partial charge in [-0.15, -0.1) is 0 Å². The van der Waals surface area contributed by atoms with Crippen molar-refractivity contribution >= 4 is 11.9 Å². The molecule has 4 N–H and O–H groups in total. The van der Waals surface area contributed by atoms with E-state index < -0.39 is 11.9 Å². The van der Waals surface area contributed by atoms with Gasteiger partial charge < -0.3 is 25.2 Å². The Kier molecular flexibility index (Phi) is 15.2. The maximum absolute atomic E-state index is 10.1. The second-order valence-corrected chi connectivity index (χ2v) is 3.21. The first-order chi connectivity index (χ1) is 9.01. The monoisotopic (exact) mass is 279 g/mol. The van der Waals surface area contributed by atoms with Gasteiger partial charge in [0.25, 0.3) is 0 Å². The second-order valence-electron chi connectivity index (χ2n) is 3.21. The maximum Gasteiger partial charge on any atom is 0.330 e. The van der Waals surface area contributed by atoms with Gasteiger partial charge in [-0.3, -0.25) is 4.90 Å². The van der Waals surface area contributed by atoms with E-state index in [9.17, 15) is 9.59 Å². The van der Waals surface area contributed by atoms with Crippen molar-refractivity contribution in [2.75, 3.05) is 46.6 Å². The third-order valence-electron chi connectivity index (χ3n) is 1.81. The van der Waals surface area contributed by atoms with Gasteiger partial charge in [0.1, 0.15) is 0 Å². The molecule has 0 bridgehead atoms. The molecule has 8 heteroatoms. The van der Waals surface area contributed by atoms with Crippen LogP contribution in [0.4, 0.5) is 0 Å². The van der Waals surface area contributed by atoms with Crippen LogP contribution in [0.2, 0.25) is 0 Å². The van der Waals surface area contributed by atoms with E-state index >= 15 is 0 Å². The van der Waals surface area contributed by atoms with Crippen molar-refractivity contribution in [3.63, 3.8) is 0 Å². The van der Waals surface area contributed by atoms with Crippen LogP contribution < -0.4 is 0 Å². The Labute approximate surface area is 111 Å². The molecule has 0 aliphatic carbocycles. The van der Waals surface area contributed by atoms with Crippen LogP contribution in [0.5, 0.6) is 0 Å². The highest BCUT2D eigenvalue weighted by atomic mass is 16.5. The van der Waals surface area contributed by atoms with Crippen LogP contribution in [0.1, 0.15) is 0 Å². The van der Waals surface area contributed by atoms with Crippen molar-refractivity contribution in [3.05, 3.63) is 12.2 Å². The first-order valence-electron chi connectivity index (χ1n) is 5.55. The SMILES string of the molecule is COC(=O)/C=C\C(=O)O.OCCN(CCO)CCO. The molecule has 0 aromatic rings. The molecule has 0 amide bonds. The molecular formula is C11H21NO7. The van der Waals surface area contributed by atoms with E-state index in [1.807, 2.05) is 0 Å². The number of hydrogen-bond donors (Lipinski definition) is 4. The Morgan fingerprint density at radius 1 is 1.00 bits per heavy atom. The fraction of sp³-hybridized carbons (Fsp3) is 0.636. The molecular weight excluding hydrogens is 258 g/mol. The number of rotatable bonds is 8. The summed E-state index contributed by atoms with van der Waals surface area (Å²) in [7, 11) is 1.18. The van der Waals surface area contributed by atoms with Gasteiger partial charge in [-0.1, -0.05) is 0 Å². The molecule has 0 aromatic carbocycles. The number of carboxylic acid groups (broad SMARTS) is 1. The van der Waals surface area contributed by atoms with Gasteiger partial charge in [0.2, 0.25) is 0 Å². The number of nitrogens with zero attached hydrogens (tertiary/aromatic N) is 1. The predicted molar refractivity (Wildman–Crippen MR) is 66.5 cm³/mol. The summed E-state index contributed by atoms with van der Waals surface area (Å²) < 4.78 is 4.11. The topological polar surface area (TPSA) is 128 Å². The van der Waals surface area contributed by atoms with Gasteiger partial charge in [0.05, 0.1) is 26.9 Å². The normalized spacial score (nSPS) is 10.2. The lowest BCUT2D eigenvalue weighted by Crippen LogP contribution is -2.32. The van der Waals surface area contributed by atoms with Crippen molar-refractivity contribution in [2.24, 2.45) is 0 Å². The second kappa shape index (κ2) is 14.6. The number of aliphatic carboxylic acids is 1.